The molecule has 0 bridgehead atoms. The Bertz CT molecular complexity index is 970. The Morgan fingerprint density at radius 1 is 0.903 bits per heavy atom. The molecule has 0 spiro atoms. The molecule has 2 rings (SSSR count). The van der Waals surface area contributed by atoms with E-state index in [0.717, 1.165) is 25.2 Å². The van der Waals surface area contributed by atoms with Crippen molar-refractivity contribution in [1.82, 2.24) is 14.5 Å². The summed E-state index contributed by atoms with van der Waals surface area (Å²) >= 11 is 6.19. The predicted molar refractivity (Wildman–Crippen MR) is 126 cm³/mol. The van der Waals surface area contributed by atoms with Crippen molar-refractivity contribution in [3.05, 3.63) is 64.2 Å². The second-order valence-corrected chi connectivity index (χ2v) is 9.54. The molecule has 0 radical (unpaired) electrons. The van der Waals surface area contributed by atoms with Crippen LogP contribution in [0.5, 0.6) is 0 Å². The Kier molecular flexibility index (Phi) is 9.50. The Balaban J connectivity index is 2.10. The van der Waals surface area contributed by atoms with Gasteiger partial charge in [-0.3, -0.25) is 9.69 Å². The Labute approximate surface area is 191 Å². The van der Waals surface area contributed by atoms with Crippen molar-refractivity contribution in [3.63, 3.8) is 0 Å². The minimum Gasteiger partial charge on any atom is -0.348 e. The number of amides is 1. The smallest absolute Gasteiger partial charge is 0.253 e. The van der Waals surface area contributed by atoms with Gasteiger partial charge in [-0.05, 0) is 42.4 Å². The number of carbonyl (C=O) groups excluding carboxylic acids is 1. The first-order valence-electron chi connectivity index (χ1n) is 10.6. The first-order chi connectivity index (χ1) is 14.8. The number of hydrogen-bond acceptors (Lipinski definition) is 4. The summed E-state index contributed by atoms with van der Waals surface area (Å²) in [7, 11) is -3.67. The maximum absolute atomic E-state index is 12.8. The molecular formula is C23H32ClN3O3S. The van der Waals surface area contributed by atoms with Crippen molar-refractivity contribution in [2.24, 2.45) is 0 Å². The number of nitrogens with zero attached hydrogens (tertiary/aromatic N) is 2. The van der Waals surface area contributed by atoms with Crippen molar-refractivity contribution >= 4 is 27.5 Å². The molecule has 0 aliphatic carbocycles. The van der Waals surface area contributed by atoms with Gasteiger partial charge in [0.05, 0.1) is 15.5 Å². The maximum atomic E-state index is 12.8. The third-order valence-corrected chi connectivity index (χ3v) is 7.68. The monoisotopic (exact) mass is 465 g/mol. The fraction of sp³-hybridized carbons (Fsp3) is 0.435. The highest BCUT2D eigenvalue weighted by atomic mass is 35.5. The van der Waals surface area contributed by atoms with E-state index in [-0.39, 0.29) is 15.5 Å². The molecule has 1 amide bonds. The molecule has 0 fully saturated rings. The van der Waals surface area contributed by atoms with Gasteiger partial charge in [0.15, 0.2) is 0 Å². The van der Waals surface area contributed by atoms with E-state index in [9.17, 15) is 13.2 Å². The molecule has 0 aliphatic rings. The average molecular weight is 466 g/mol. The fourth-order valence-electron chi connectivity index (χ4n) is 3.30. The number of sulfonamides is 1. The van der Waals surface area contributed by atoms with Crippen molar-refractivity contribution in [1.29, 1.82) is 0 Å². The average Bonchev–Trinajstić information content (AvgIpc) is 2.77. The molecule has 0 saturated heterocycles. The molecule has 2 aromatic rings. The van der Waals surface area contributed by atoms with Gasteiger partial charge >= 0.3 is 0 Å². The van der Waals surface area contributed by atoms with Crippen LogP contribution in [0.2, 0.25) is 5.02 Å². The highest BCUT2D eigenvalue weighted by molar-refractivity contribution is 7.89. The number of rotatable bonds is 11. The molecule has 170 valence electrons. The molecule has 0 heterocycles. The van der Waals surface area contributed by atoms with Gasteiger partial charge in [-0.15, -0.1) is 0 Å². The van der Waals surface area contributed by atoms with E-state index >= 15 is 0 Å². The number of nitrogens with one attached hydrogen (secondary N) is 1. The lowest BCUT2D eigenvalue weighted by atomic mass is 10.1. The van der Waals surface area contributed by atoms with Crippen LogP contribution in [0.4, 0.5) is 0 Å². The van der Waals surface area contributed by atoms with E-state index in [2.05, 4.69) is 36.2 Å². The third kappa shape index (κ3) is 6.53. The standard InChI is InChI=1S/C23H32ClN3O3S/c1-5-26(6-2)17-19-11-9-18(10-12-19)16-25-23(28)21-15-20(13-14-22(21)24)31(29,30)27(7-3)8-4/h9-15H,5-8,16-17H2,1-4H3,(H,25,28). The van der Waals surface area contributed by atoms with Crippen LogP contribution in [0.25, 0.3) is 0 Å². The Morgan fingerprint density at radius 2 is 1.48 bits per heavy atom. The molecular weight excluding hydrogens is 434 g/mol. The van der Waals surface area contributed by atoms with Crippen LogP contribution in [0.1, 0.15) is 49.2 Å². The zero-order valence-electron chi connectivity index (χ0n) is 18.7. The van der Waals surface area contributed by atoms with Crippen molar-refractivity contribution in [2.75, 3.05) is 26.2 Å². The predicted octanol–water partition coefficient (Wildman–Crippen LogP) is 4.14. The Morgan fingerprint density at radius 3 is 2.03 bits per heavy atom. The summed E-state index contributed by atoms with van der Waals surface area (Å²) in [4.78, 5) is 15.1. The largest absolute Gasteiger partial charge is 0.348 e. The van der Waals surface area contributed by atoms with Crippen LogP contribution in [0.3, 0.4) is 0 Å². The minimum absolute atomic E-state index is 0.0616. The van der Waals surface area contributed by atoms with Crippen LogP contribution >= 0.6 is 11.6 Å². The van der Waals surface area contributed by atoms with Crippen LogP contribution < -0.4 is 5.32 Å². The summed E-state index contributed by atoms with van der Waals surface area (Å²) in [6.07, 6.45) is 0. The van der Waals surface area contributed by atoms with Crippen molar-refractivity contribution in [2.45, 2.75) is 45.7 Å². The molecule has 0 saturated carbocycles. The molecule has 8 heteroatoms. The zero-order valence-corrected chi connectivity index (χ0v) is 20.3. The lowest BCUT2D eigenvalue weighted by Gasteiger charge is -2.19. The quantitative estimate of drug-likeness (QED) is 0.541. The lowest BCUT2D eigenvalue weighted by molar-refractivity contribution is 0.0951. The van der Waals surface area contributed by atoms with Crippen LogP contribution in [0, 0.1) is 0 Å². The summed E-state index contributed by atoms with van der Waals surface area (Å²) in [5.41, 5.74) is 2.32. The van der Waals surface area contributed by atoms with E-state index in [1.807, 2.05) is 12.1 Å². The SMILES string of the molecule is CCN(CC)Cc1ccc(CNC(=O)c2cc(S(=O)(=O)N(CC)CC)ccc2Cl)cc1. The second kappa shape index (κ2) is 11.6. The van der Waals surface area contributed by atoms with E-state index in [0.29, 0.717) is 19.6 Å². The van der Waals surface area contributed by atoms with E-state index < -0.39 is 15.9 Å². The van der Waals surface area contributed by atoms with Crippen LogP contribution in [-0.4, -0.2) is 49.7 Å². The zero-order chi connectivity index (χ0) is 23.0. The summed E-state index contributed by atoms with van der Waals surface area (Å²) in [6.45, 7) is 11.8. The van der Waals surface area contributed by atoms with Gasteiger partial charge in [0.25, 0.3) is 5.91 Å². The fourth-order valence-corrected chi connectivity index (χ4v) is 4.99. The van der Waals surface area contributed by atoms with E-state index in [1.54, 1.807) is 13.8 Å². The maximum Gasteiger partial charge on any atom is 0.253 e. The molecule has 0 unspecified atom stereocenters. The highest BCUT2D eigenvalue weighted by Crippen LogP contribution is 2.23. The van der Waals surface area contributed by atoms with Crippen LogP contribution in [0.15, 0.2) is 47.4 Å². The van der Waals surface area contributed by atoms with Gasteiger partial charge in [-0.1, -0.05) is 63.6 Å². The summed E-state index contributed by atoms with van der Waals surface area (Å²) in [5, 5.41) is 3.05. The number of hydrogen-bond donors (Lipinski definition) is 1. The van der Waals surface area contributed by atoms with Crippen molar-refractivity contribution in [3.8, 4) is 0 Å². The van der Waals surface area contributed by atoms with Crippen molar-refractivity contribution < 1.29 is 13.2 Å². The number of benzene rings is 2. The molecule has 2 aromatic carbocycles. The summed E-state index contributed by atoms with van der Waals surface area (Å²) < 4.78 is 26.9. The molecule has 0 atom stereocenters. The van der Waals surface area contributed by atoms with Gasteiger partial charge in [-0.25, -0.2) is 8.42 Å². The van der Waals surface area contributed by atoms with Gasteiger partial charge in [0.2, 0.25) is 10.0 Å². The highest BCUT2D eigenvalue weighted by Gasteiger charge is 2.23. The molecule has 31 heavy (non-hydrogen) atoms. The van der Waals surface area contributed by atoms with Gasteiger partial charge in [0, 0.05) is 26.2 Å². The molecule has 0 aliphatic heterocycles. The molecule has 6 nitrogen and oxygen atoms in total. The normalized spacial score (nSPS) is 11.8. The minimum atomic E-state index is -3.67. The van der Waals surface area contributed by atoms with Gasteiger partial charge < -0.3 is 5.32 Å². The Hall–Kier alpha value is -1.93. The van der Waals surface area contributed by atoms with Gasteiger partial charge in [0.1, 0.15) is 0 Å². The van der Waals surface area contributed by atoms with E-state index in [4.69, 9.17) is 11.6 Å². The summed E-state index contributed by atoms with van der Waals surface area (Å²) in [6, 6.07) is 12.3. The lowest BCUT2D eigenvalue weighted by Crippen LogP contribution is -2.31. The first-order valence-corrected chi connectivity index (χ1v) is 12.5. The topological polar surface area (TPSA) is 69.7 Å². The number of halogens is 1. The number of carbonyl (C=O) groups is 1. The molecule has 1 N–H and O–H groups in total. The van der Waals surface area contributed by atoms with Gasteiger partial charge in [-0.2, -0.15) is 4.31 Å². The first kappa shape index (κ1) is 25.3. The summed E-state index contributed by atoms with van der Waals surface area (Å²) in [5.74, 6) is -0.409. The second-order valence-electron chi connectivity index (χ2n) is 7.19. The van der Waals surface area contributed by atoms with E-state index in [1.165, 1.54) is 28.1 Å². The third-order valence-electron chi connectivity index (χ3n) is 5.30. The molecule has 0 aromatic heterocycles. The van der Waals surface area contributed by atoms with Crippen LogP contribution in [-0.2, 0) is 23.1 Å².